The number of para-hydroxylation sites is 2. The highest BCUT2D eigenvalue weighted by Gasteiger charge is 2.37. The highest BCUT2D eigenvalue weighted by molar-refractivity contribution is 8.01. The van der Waals surface area contributed by atoms with Gasteiger partial charge in [0.15, 0.2) is 10.4 Å². The van der Waals surface area contributed by atoms with Gasteiger partial charge in [-0.05, 0) is 24.3 Å². The monoisotopic (exact) mass is 476 g/mol. The van der Waals surface area contributed by atoms with Crippen molar-refractivity contribution in [1.29, 1.82) is 0 Å². The summed E-state index contributed by atoms with van der Waals surface area (Å²) in [7, 11) is -3.88. The highest BCUT2D eigenvalue weighted by Crippen LogP contribution is 2.37. The molecule has 2 aromatic carbocycles. The first-order chi connectivity index (χ1) is 14.8. The zero-order valence-corrected chi connectivity index (χ0v) is 19.2. The van der Waals surface area contributed by atoms with Gasteiger partial charge in [0, 0.05) is 5.25 Å². The summed E-state index contributed by atoms with van der Waals surface area (Å²) in [6.07, 6.45) is -1.04. The number of amides is 1. The van der Waals surface area contributed by atoms with Crippen LogP contribution in [0.3, 0.4) is 0 Å². The standard InChI is InChI=1S/C20H20N4O4S3/c1-13(2)29-20-23-22-19(30-20)21-18(25)17-12-24(15-10-6-7-11-16(15)28-17)31(26,27)14-8-4-3-5-9-14/h3-11,13,17H,12H2,1-2H3,(H,21,22,25). The average Bonchev–Trinajstić information content (AvgIpc) is 3.19. The number of hydrogen-bond acceptors (Lipinski definition) is 8. The molecule has 1 aliphatic heterocycles. The number of sulfonamides is 1. The lowest BCUT2D eigenvalue weighted by Gasteiger charge is -2.34. The highest BCUT2D eigenvalue weighted by atomic mass is 32.2. The van der Waals surface area contributed by atoms with Crippen LogP contribution in [-0.4, -0.2) is 42.4 Å². The number of ether oxygens (including phenoxy) is 1. The number of carbonyl (C=O) groups excluding carboxylic acids is 1. The fourth-order valence-corrected chi connectivity index (χ4v) is 6.46. The van der Waals surface area contributed by atoms with Crippen molar-refractivity contribution in [1.82, 2.24) is 10.2 Å². The van der Waals surface area contributed by atoms with Gasteiger partial charge in [-0.3, -0.25) is 14.4 Å². The molecule has 4 rings (SSSR count). The van der Waals surface area contributed by atoms with Crippen molar-refractivity contribution < 1.29 is 17.9 Å². The van der Waals surface area contributed by atoms with E-state index in [1.165, 1.54) is 27.8 Å². The van der Waals surface area contributed by atoms with Crippen molar-refractivity contribution in [3.63, 3.8) is 0 Å². The van der Waals surface area contributed by atoms with Crippen LogP contribution in [0.15, 0.2) is 63.8 Å². The van der Waals surface area contributed by atoms with Gasteiger partial charge in [0.05, 0.1) is 17.1 Å². The van der Waals surface area contributed by atoms with E-state index in [2.05, 4.69) is 15.5 Å². The van der Waals surface area contributed by atoms with E-state index in [1.807, 2.05) is 13.8 Å². The Morgan fingerprint density at radius 3 is 2.61 bits per heavy atom. The third kappa shape index (κ3) is 4.68. The molecule has 1 aliphatic rings. The van der Waals surface area contributed by atoms with Gasteiger partial charge in [0.2, 0.25) is 5.13 Å². The second-order valence-corrected chi connectivity index (χ2v) is 11.6. The Morgan fingerprint density at radius 1 is 1.16 bits per heavy atom. The van der Waals surface area contributed by atoms with Gasteiger partial charge in [-0.25, -0.2) is 8.42 Å². The van der Waals surface area contributed by atoms with E-state index in [0.717, 1.165) is 4.34 Å². The number of carbonyl (C=O) groups is 1. The molecule has 162 valence electrons. The van der Waals surface area contributed by atoms with Gasteiger partial charge in [-0.15, -0.1) is 10.2 Å². The number of hydrogen-bond donors (Lipinski definition) is 1. The molecule has 3 aromatic rings. The zero-order chi connectivity index (χ0) is 22.0. The molecule has 0 radical (unpaired) electrons. The minimum absolute atomic E-state index is 0.144. The zero-order valence-electron chi connectivity index (χ0n) is 16.8. The summed E-state index contributed by atoms with van der Waals surface area (Å²) in [5, 5.41) is 11.4. The van der Waals surface area contributed by atoms with Crippen LogP contribution in [0.1, 0.15) is 13.8 Å². The summed E-state index contributed by atoms with van der Waals surface area (Å²) in [5.74, 6) is -0.165. The normalized spacial score (nSPS) is 16.0. The van der Waals surface area contributed by atoms with E-state index in [0.29, 0.717) is 21.8 Å². The van der Waals surface area contributed by atoms with E-state index in [9.17, 15) is 13.2 Å². The Labute approximate surface area is 188 Å². The predicted octanol–water partition coefficient (Wildman–Crippen LogP) is 3.63. The molecule has 2 heterocycles. The van der Waals surface area contributed by atoms with E-state index in [-0.39, 0.29) is 11.4 Å². The molecular weight excluding hydrogens is 456 g/mol. The summed E-state index contributed by atoms with van der Waals surface area (Å²) in [6, 6.07) is 14.9. The Bertz CT molecular complexity index is 1180. The molecule has 1 aromatic heterocycles. The Morgan fingerprint density at radius 2 is 1.87 bits per heavy atom. The molecule has 0 aliphatic carbocycles. The van der Waals surface area contributed by atoms with Gasteiger partial charge in [-0.2, -0.15) is 0 Å². The van der Waals surface area contributed by atoms with Crippen LogP contribution in [0, 0.1) is 0 Å². The van der Waals surface area contributed by atoms with Crippen LogP contribution < -0.4 is 14.4 Å². The quantitative estimate of drug-likeness (QED) is 0.428. The first-order valence-corrected chi connectivity index (χ1v) is 12.6. The van der Waals surface area contributed by atoms with Crippen molar-refractivity contribution >= 4 is 49.8 Å². The average molecular weight is 477 g/mol. The minimum Gasteiger partial charge on any atom is -0.476 e. The van der Waals surface area contributed by atoms with Crippen molar-refractivity contribution in [3.8, 4) is 5.75 Å². The number of anilines is 2. The maximum Gasteiger partial charge on any atom is 0.269 e. The third-order valence-corrected chi connectivity index (χ3v) is 8.05. The van der Waals surface area contributed by atoms with Crippen molar-refractivity contribution in [2.24, 2.45) is 0 Å². The number of aromatic nitrogens is 2. The van der Waals surface area contributed by atoms with Crippen molar-refractivity contribution in [2.75, 3.05) is 16.2 Å². The van der Waals surface area contributed by atoms with Crippen molar-refractivity contribution in [2.45, 2.75) is 34.4 Å². The van der Waals surface area contributed by atoms with Crippen LogP contribution in [0.4, 0.5) is 10.8 Å². The van der Waals surface area contributed by atoms with Crippen molar-refractivity contribution in [3.05, 3.63) is 54.6 Å². The predicted molar refractivity (Wildman–Crippen MR) is 121 cm³/mol. The Balaban J connectivity index is 1.59. The molecule has 8 nitrogen and oxygen atoms in total. The van der Waals surface area contributed by atoms with Gasteiger partial charge < -0.3 is 4.74 Å². The Hall–Kier alpha value is -2.63. The fraction of sp³-hybridized carbons (Fsp3) is 0.250. The lowest BCUT2D eigenvalue weighted by molar-refractivity contribution is -0.122. The van der Waals surface area contributed by atoms with Crippen LogP contribution in [-0.2, 0) is 14.8 Å². The maximum absolute atomic E-state index is 13.3. The SMILES string of the molecule is CC(C)Sc1nnc(NC(=O)C2CN(S(=O)(=O)c3ccccc3)c3ccccc3O2)s1. The minimum atomic E-state index is -3.88. The first-order valence-electron chi connectivity index (χ1n) is 9.49. The molecule has 1 N–H and O–H groups in total. The van der Waals surface area contributed by atoms with Gasteiger partial charge in [0.1, 0.15) is 5.75 Å². The van der Waals surface area contributed by atoms with Crippen LogP contribution in [0.2, 0.25) is 0 Å². The second kappa shape index (κ2) is 8.85. The Kier molecular flexibility index (Phi) is 6.17. The topological polar surface area (TPSA) is 101 Å². The summed E-state index contributed by atoms with van der Waals surface area (Å²) in [6.45, 7) is 3.92. The van der Waals surface area contributed by atoms with Gasteiger partial charge in [-0.1, -0.05) is 67.3 Å². The lowest BCUT2D eigenvalue weighted by Crippen LogP contribution is -2.48. The van der Waals surface area contributed by atoms with Crippen LogP contribution in [0.5, 0.6) is 5.75 Å². The summed E-state index contributed by atoms with van der Waals surface area (Å²) >= 11 is 2.81. The summed E-state index contributed by atoms with van der Waals surface area (Å²) < 4.78 is 34.4. The molecule has 31 heavy (non-hydrogen) atoms. The molecule has 0 spiro atoms. The largest absolute Gasteiger partial charge is 0.476 e. The molecule has 0 saturated carbocycles. The molecule has 0 saturated heterocycles. The molecule has 1 atom stereocenters. The number of thioether (sulfide) groups is 1. The van der Waals surface area contributed by atoms with Gasteiger partial charge in [0.25, 0.3) is 15.9 Å². The fourth-order valence-electron chi connectivity index (χ4n) is 2.98. The second-order valence-electron chi connectivity index (χ2n) is 6.95. The number of nitrogens with zero attached hydrogens (tertiary/aromatic N) is 3. The first kappa shape index (κ1) is 21.6. The van der Waals surface area contributed by atoms with E-state index in [1.54, 1.807) is 54.2 Å². The third-order valence-electron chi connectivity index (χ3n) is 4.33. The number of fused-ring (bicyclic) bond motifs is 1. The van der Waals surface area contributed by atoms with E-state index < -0.39 is 22.0 Å². The summed E-state index contributed by atoms with van der Waals surface area (Å²) in [4.78, 5) is 13.0. The summed E-state index contributed by atoms with van der Waals surface area (Å²) in [5.41, 5.74) is 0.391. The molecule has 0 bridgehead atoms. The molecule has 0 fully saturated rings. The smallest absolute Gasteiger partial charge is 0.269 e. The van der Waals surface area contributed by atoms with E-state index in [4.69, 9.17) is 4.74 Å². The number of nitrogens with one attached hydrogen (secondary N) is 1. The number of benzene rings is 2. The molecular formula is C20H20N4O4S3. The molecule has 11 heteroatoms. The van der Waals surface area contributed by atoms with E-state index >= 15 is 0 Å². The number of rotatable bonds is 6. The molecule has 1 unspecified atom stereocenters. The maximum atomic E-state index is 13.3. The lowest BCUT2D eigenvalue weighted by atomic mass is 10.2. The van der Waals surface area contributed by atoms with Gasteiger partial charge >= 0.3 is 0 Å². The van der Waals surface area contributed by atoms with Crippen LogP contribution >= 0.6 is 23.1 Å². The molecule has 1 amide bonds. The van der Waals surface area contributed by atoms with Crippen LogP contribution in [0.25, 0.3) is 0 Å².